The van der Waals surface area contributed by atoms with Crippen LogP contribution >= 0.6 is 11.8 Å². The summed E-state index contributed by atoms with van der Waals surface area (Å²) in [6.07, 6.45) is 1.83. The maximum absolute atomic E-state index is 11.1. The zero-order chi connectivity index (χ0) is 13.7. The van der Waals surface area contributed by atoms with Crippen molar-refractivity contribution in [2.75, 3.05) is 6.61 Å². The molecule has 2 rings (SSSR count). The minimum Gasteiger partial charge on any atom is -0.377 e. The number of nitrogens with one attached hydrogen (secondary N) is 1. The summed E-state index contributed by atoms with van der Waals surface area (Å²) in [7, 11) is 0. The van der Waals surface area contributed by atoms with Crippen LogP contribution in [-0.4, -0.2) is 23.9 Å². The quantitative estimate of drug-likeness (QED) is 0.489. The molecule has 1 amide bonds. The molecule has 0 spiro atoms. The van der Waals surface area contributed by atoms with Crippen LogP contribution in [0.5, 0.6) is 0 Å². The Hall–Kier alpha value is -1.04. The number of thioether (sulfide) groups is 1. The SMILES string of the molecule is CC1OCCC1SCc1ccc(CC(=O)NN)cc1. The smallest absolute Gasteiger partial charge is 0.238 e. The van der Waals surface area contributed by atoms with Gasteiger partial charge in [0.25, 0.3) is 0 Å². The highest BCUT2D eigenvalue weighted by molar-refractivity contribution is 7.99. The fourth-order valence-corrected chi connectivity index (χ4v) is 3.34. The van der Waals surface area contributed by atoms with Crippen LogP contribution in [-0.2, 0) is 21.7 Å². The molecule has 0 aliphatic carbocycles. The third-order valence-electron chi connectivity index (χ3n) is 3.32. The summed E-state index contributed by atoms with van der Waals surface area (Å²) < 4.78 is 5.55. The van der Waals surface area contributed by atoms with Crippen LogP contribution in [0.1, 0.15) is 24.5 Å². The van der Waals surface area contributed by atoms with Crippen LogP contribution in [0.4, 0.5) is 0 Å². The second-order valence-corrected chi connectivity index (χ2v) is 6.00. The summed E-state index contributed by atoms with van der Waals surface area (Å²) in [4.78, 5) is 11.1. The number of ether oxygens (including phenoxy) is 1. The molecule has 1 aliphatic rings. The molecule has 4 nitrogen and oxygen atoms in total. The van der Waals surface area contributed by atoms with E-state index in [9.17, 15) is 4.79 Å². The molecule has 19 heavy (non-hydrogen) atoms. The lowest BCUT2D eigenvalue weighted by atomic mass is 10.1. The summed E-state index contributed by atoms with van der Waals surface area (Å²) in [5.74, 6) is 5.89. The molecule has 0 aromatic heterocycles. The van der Waals surface area contributed by atoms with Gasteiger partial charge in [0.2, 0.25) is 5.91 Å². The molecule has 1 fully saturated rings. The van der Waals surface area contributed by atoms with Crippen LogP contribution in [0.15, 0.2) is 24.3 Å². The van der Waals surface area contributed by atoms with Gasteiger partial charge in [-0.3, -0.25) is 10.2 Å². The predicted octanol–water partition coefficient (Wildman–Crippen LogP) is 1.63. The summed E-state index contributed by atoms with van der Waals surface area (Å²) >= 11 is 1.95. The fraction of sp³-hybridized carbons (Fsp3) is 0.500. The van der Waals surface area contributed by atoms with Gasteiger partial charge >= 0.3 is 0 Å². The van der Waals surface area contributed by atoms with Crippen LogP contribution in [0.25, 0.3) is 0 Å². The summed E-state index contributed by atoms with van der Waals surface area (Å²) in [5, 5.41) is 0.600. The molecule has 1 aromatic carbocycles. The van der Waals surface area contributed by atoms with E-state index in [1.54, 1.807) is 0 Å². The van der Waals surface area contributed by atoms with E-state index in [1.807, 2.05) is 23.9 Å². The van der Waals surface area contributed by atoms with Gasteiger partial charge in [0.15, 0.2) is 0 Å². The molecule has 3 N–H and O–H groups in total. The average Bonchev–Trinajstić information content (AvgIpc) is 2.83. The number of hydrogen-bond donors (Lipinski definition) is 2. The van der Waals surface area contributed by atoms with E-state index in [0.717, 1.165) is 24.3 Å². The zero-order valence-electron chi connectivity index (χ0n) is 11.1. The summed E-state index contributed by atoms with van der Waals surface area (Å²) in [6.45, 7) is 3.02. The van der Waals surface area contributed by atoms with Crippen LogP contribution in [0.2, 0.25) is 0 Å². The number of carbonyl (C=O) groups is 1. The van der Waals surface area contributed by atoms with Crippen molar-refractivity contribution in [3.63, 3.8) is 0 Å². The van der Waals surface area contributed by atoms with Crippen molar-refractivity contribution in [3.05, 3.63) is 35.4 Å². The molecule has 2 unspecified atom stereocenters. The van der Waals surface area contributed by atoms with Gasteiger partial charge in [0, 0.05) is 17.6 Å². The molecule has 0 radical (unpaired) electrons. The Bertz CT molecular complexity index is 422. The lowest BCUT2D eigenvalue weighted by molar-refractivity contribution is -0.120. The third-order valence-corrected chi connectivity index (χ3v) is 4.87. The normalized spacial score (nSPS) is 22.4. The first-order valence-corrected chi connectivity index (χ1v) is 7.54. The number of nitrogens with two attached hydrogens (primary N) is 1. The van der Waals surface area contributed by atoms with E-state index >= 15 is 0 Å². The van der Waals surface area contributed by atoms with Crippen molar-refractivity contribution in [1.82, 2.24) is 5.43 Å². The van der Waals surface area contributed by atoms with E-state index in [0.29, 0.717) is 17.8 Å². The molecule has 0 bridgehead atoms. The first-order valence-electron chi connectivity index (χ1n) is 6.49. The minimum atomic E-state index is -0.168. The molecule has 1 heterocycles. The molecular weight excluding hydrogens is 260 g/mol. The van der Waals surface area contributed by atoms with Gasteiger partial charge in [0.1, 0.15) is 0 Å². The molecule has 1 aliphatic heterocycles. The number of hydrazine groups is 1. The standard InChI is InChI=1S/C14H20N2O2S/c1-10-13(6-7-18-10)19-9-12-4-2-11(3-5-12)8-14(17)16-15/h2-5,10,13H,6-9,15H2,1H3,(H,16,17). The Morgan fingerprint density at radius 3 is 2.68 bits per heavy atom. The fourth-order valence-electron chi connectivity index (χ4n) is 2.12. The monoisotopic (exact) mass is 280 g/mol. The van der Waals surface area contributed by atoms with Gasteiger partial charge in [-0.05, 0) is 24.5 Å². The highest BCUT2D eigenvalue weighted by Gasteiger charge is 2.24. The number of rotatable bonds is 5. The topological polar surface area (TPSA) is 64.3 Å². The number of carbonyl (C=O) groups excluding carboxylic acids is 1. The highest BCUT2D eigenvalue weighted by Crippen LogP contribution is 2.28. The summed E-state index contributed by atoms with van der Waals surface area (Å²) in [5.41, 5.74) is 4.40. The van der Waals surface area contributed by atoms with Gasteiger partial charge in [-0.1, -0.05) is 24.3 Å². The molecule has 1 aromatic rings. The predicted molar refractivity (Wildman–Crippen MR) is 77.6 cm³/mol. The van der Waals surface area contributed by atoms with Crippen molar-refractivity contribution in [2.24, 2.45) is 5.84 Å². The lowest BCUT2D eigenvalue weighted by Crippen LogP contribution is -2.31. The molecule has 1 saturated heterocycles. The van der Waals surface area contributed by atoms with Crippen molar-refractivity contribution in [2.45, 2.75) is 36.9 Å². The van der Waals surface area contributed by atoms with Crippen LogP contribution < -0.4 is 11.3 Å². The first-order chi connectivity index (χ1) is 9.19. The average molecular weight is 280 g/mol. The van der Waals surface area contributed by atoms with E-state index in [1.165, 1.54) is 5.56 Å². The first kappa shape index (κ1) is 14.4. The molecule has 0 saturated carbocycles. The Labute approximate surface area is 118 Å². The Kier molecular flexibility index (Phi) is 5.24. The lowest BCUT2D eigenvalue weighted by Gasteiger charge is -2.13. The Morgan fingerprint density at radius 1 is 1.42 bits per heavy atom. The third kappa shape index (κ3) is 4.23. The van der Waals surface area contributed by atoms with E-state index < -0.39 is 0 Å². The maximum atomic E-state index is 11.1. The molecular formula is C14H20N2O2S. The Balaban J connectivity index is 1.83. The van der Waals surface area contributed by atoms with Gasteiger partial charge < -0.3 is 4.74 Å². The highest BCUT2D eigenvalue weighted by atomic mass is 32.2. The van der Waals surface area contributed by atoms with Crippen molar-refractivity contribution in [3.8, 4) is 0 Å². The second-order valence-electron chi connectivity index (χ2n) is 4.77. The number of amides is 1. The second kappa shape index (κ2) is 6.93. The van der Waals surface area contributed by atoms with Crippen LogP contribution in [0, 0.1) is 0 Å². The van der Waals surface area contributed by atoms with Crippen molar-refractivity contribution < 1.29 is 9.53 Å². The number of hydrogen-bond acceptors (Lipinski definition) is 4. The van der Waals surface area contributed by atoms with Gasteiger partial charge in [-0.2, -0.15) is 11.8 Å². The molecule has 5 heteroatoms. The van der Waals surface area contributed by atoms with Gasteiger partial charge in [-0.15, -0.1) is 0 Å². The van der Waals surface area contributed by atoms with Crippen molar-refractivity contribution in [1.29, 1.82) is 0 Å². The maximum Gasteiger partial charge on any atom is 0.238 e. The van der Waals surface area contributed by atoms with E-state index in [-0.39, 0.29) is 5.91 Å². The number of benzene rings is 1. The van der Waals surface area contributed by atoms with E-state index in [4.69, 9.17) is 10.6 Å². The summed E-state index contributed by atoms with van der Waals surface area (Å²) in [6, 6.07) is 8.12. The van der Waals surface area contributed by atoms with Gasteiger partial charge in [0.05, 0.1) is 12.5 Å². The minimum absolute atomic E-state index is 0.168. The van der Waals surface area contributed by atoms with Crippen LogP contribution in [0.3, 0.4) is 0 Å². The van der Waals surface area contributed by atoms with Gasteiger partial charge in [-0.25, -0.2) is 5.84 Å². The largest absolute Gasteiger partial charge is 0.377 e. The van der Waals surface area contributed by atoms with Crippen molar-refractivity contribution >= 4 is 17.7 Å². The van der Waals surface area contributed by atoms with E-state index in [2.05, 4.69) is 24.5 Å². The Morgan fingerprint density at radius 2 is 2.11 bits per heavy atom. The zero-order valence-corrected chi connectivity index (χ0v) is 11.9. The molecule has 2 atom stereocenters. The molecule has 104 valence electrons.